The highest BCUT2D eigenvalue weighted by molar-refractivity contribution is 6.03. The zero-order valence-corrected chi connectivity index (χ0v) is 14.9. The van der Waals surface area contributed by atoms with Crippen molar-refractivity contribution in [2.75, 3.05) is 11.9 Å². The zero-order chi connectivity index (χ0) is 19.9. The van der Waals surface area contributed by atoms with Crippen molar-refractivity contribution in [2.45, 2.75) is 0 Å². The van der Waals surface area contributed by atoms with E-state index in [9.17, 15) is 14.4 Å². The van der Waals surface area contributed by atoms with Gasteiger partial charge in [0.15, 0.2) is 6.61 Å². The predicted molar refractivity (Wildman–Crippen MR) is 106 cm³/mol. The van der Waals surface area contributed by atoms with Crippen LogP contribution in [0.4, 0.5) is 5.69 Å². The fraction of sp³-hybridized carbons (Fsp3) is 0.0455. The smallest absolute Gasteiger partial charge is 0.338 e. The predicted octanol–water partition coefficient (Wildman–Crippen LogP) is 3.25. The lowest BCUT2D eigenvalue weighted by Gasteiger charge is -2.09. The van der Waals surface area contributed by atoms with E-state index in [-0.39, 0.29) is 11.3 Å². The van der Waals surface area contributed by atoms with Gasteiger partial charge in [0.1, 0.15) is 0 Å². The van der Waals surface area contributed by atoms with Gasteiger partial charge in [-0.15, -0.1) is 0 Å². The van der Waals surface area contributed by atoms with Crippen LogP contribution in [-0.4, -0.2) is 24.4 Å². The summed E-state index contributed by atoms with van der Waals surface area (Å²) in [7, 11) is 0. The molecule has 6 nitrogen and oxygen atoms in total. The lowest BCUT2D eigenvalue weighted by Crippen LogP contribution is -2.23. The van der Waals surface area contributed by atoms with E-state index < -0.39 is 24.4 Å². The van der Waals surface area contributed by atoms with Gasteiger partial charge in [-0.2, -0.15) is 0 Å². The minimum Gasteiger partial charge on any atom is -0.452 e. The van der Waals surface area contributed by atoms with Crippen LogP contribution >= 0.6 is 0 Å². The van der Waals surface area contributed by atoms with Gasteiger partial charge in [0.2, 0.25) is 0 Å². The molecule has 0 saturated heterocycles. The minimum atomic E-state index is -0.661. The third-order valence-electron chi connectivity index (χ3n) is 4.03. The summed E-state index contributed by atoms with van der Waals surface area (Å²) in [5.41, 5.74) is 8.06. The molecule has 0 aliphatic rings. The quantitative estimate of drug-likeness (QED) is 0.647. The molecule has 2 amide bonds. The van der Waals surface area contributed by atoms with Crippen molar-refractivity contribution in [3.05, 3.63) is 90.0 Å². The molecule has 140 valence electrons. The molecule has 0 spiro atoms. The Balaban J connectivity index is 1.58. The molecule has 3 rings (SSSR count). The third-order valence-corrected chi connectivity index (χ3v) is 4.03. The summed E-state index contributed by atoms with van der Waals surface area (Å²) < 4.78 is 5.04. The van der Waals surface area contributed by atoms with Gasteiger partial charge < -0.3 is 15.8 Å². The number of anilines is 1. The normalized spacial score (nSPS) is 10.1. The molecule has 0 bridgehead atoms. The van der Waals surface area contributed by atoms with Crippen molar-refractivity contribution in [1.82, 2.24) is 0 Å². The first-order valence-corrected chi connectivity index (χ1v) is 8.56. The van der Waals surface area contributed by atoms with E-state index >= 15 is 0 Å². The largest absolute Gasteiger partial charge is 0.452 e. The van der Waals surface area contributed by atoms with Gasteiger partial charge in [-0.25, -0.2) is 4.79 Å². The molecule has 0 radical (unpaired) electrons. The Bertz CT molecular complexity index is 999. The Morgan fingerprint density at radius 1 is 0.786 bits per heavy atom. The monoisotopic (exact) mass is 374 g/mol. The number of ether oxygens (including phenoxy) is 1. The fourth-order valence-electron chi connectivity index (χ4n) is 2.64. The molecule has 0 heterocycles. The molecule has 0 atom stereocenters. The molecule has 0 fully saturated rings. The second kappa shape index (κ2) is 8.64. The second-order valence-electron chi connectivity index (χ2n) is 5.98. The van der Waals surface area contributed by atoms with Gasteiger partial charge in [-0.05, 0) is 35.4 Å². The molecule has 0 aromatic heterocycles. The molecule has 3 N–H and O–H groups in total. The number of carbonyl (C=O) groups is 3. The Morgan fingerprint density at radius 2 is 1.39 bits per heavy atom. The number of hydrogen-bond acceptors (Lipinski definition) is 4. The molecule has 3 aromatic rings. The van der Waals surface area contributed by atoms with Gasteiger partial charge >= 0.3 is 5.97 Å². The van der Waals surface area contributed by atoms with E-state index in [4.69, 9.17) is 10.5 Å². The Kier molecular flexibility index (Phi) is 5.81. The first-order valence-electron chi connectivity index (χ1n) is 8.56. The number of carbonyl (C=O) groups excluding carboxylic acids is 3. The van der Waals surface area contributed by atoms with Crippen LogP contribution < -0.4 is 11.1 Å². The van der Waals surface area contributed by atoms with E-state index in [0.717, 1.165) is 11.1 Å². The fourth-order valence-corrected chi connectivity index (χ4v) is 2.64. The van der Waals surface area contributed by atoms with Gasteiger partial charge in [0.05, 0.1) is 16.8 Å². The van der Waals surface area contributed by atoms with Crippen LogP contribution in [0.25, 0.3) is 11.1 Å². The number of nitrogens with two attached hydrogens (primary N) is 1. The summed E-state index contributed by atoms with van der Waals surface area (Å²) in [5.74, 6) is -1.84. The van der Waals surface area contributed by atoms with Crippen molar-refractivity contribution in [1.29, 1.82) is 0 Å². The van der Waals surface area contributed by atoms with E-state index in [1.54, 1.807) is 30.3 Å². The molecular formula is C22H18N2O4. The second-order valence-corrected chi connectivity index (χ2v) is 5.98. The average Bonchev–Trinajstić information content (AvgIpc) is 2.73. The topological polar surface area (TPSA) is 98.5 Å². The number of esters is 1. The highest BCUT2D eigenvalue weighted by Gasteiger charge is 2.13. The standard InChI is InChI=1S/C22H18N2O4/c23-21(26)18-8-4-5-9-19(18)24-20(25)14-28-22(27)17-12-10-16(11-13-17)15-6-2-1-3-7-15/h1-13H,14H2,(H2,23,26)(H,24,25). The number of primary amides is 1. The number of para-hydroxylation sites is 1. The lowest BCUT2D eigenvalue weighted by atomic mass is 10.0. The van der Waals surface area contributed by atoms with Crippen molar-refractivity contribution >= 4 is 23.5 Å². The van der Waals surface area contributed by atoms with Crippen LogP contribution in [0.2, 0.25) is 0 Å². The van der Waals surface area contributed by atoms with Gasteiger partial charge in [0.25, 0.3) is 11.8 Å². The molecule has 3 aromatic carbocycles. The van der Waals surface area contributed by atoms with Crippen LogP contribution in [0, 0.1) is 0 Å². The zero-order valence-electron chi connectivity index (χ0n) is 14.9. The van der Waals surface area contributed by atoms with E-state index in [1.807, 2.05) is 42.5 Å². The molecule has 0 unspecified atom stereocenters. The number of benzene rings is 3. The molecule has 0 aliphatic carbocycles. The number of nitrogens with one attached hydrogen (secondary N) is 1. The molecule has 0 saturated carbocycles. The Labute approximate surface area is 161 Å². The maximum atomic E-state index is 12.1. The highest BCUT2D eigenvalue weighted by Crippen LogP contribution is 2.19. The summed E-state index contributed by atoms with van der Waals surface area (Å²) in [6.45, 7) is -0.480. The maximum absolute atomic E-state index is 12.1. The molecule has 6 heteroatoms. The minimum absolute atomic E-state index is 0.179. The lowest BCUT2D eigenvalue weighted by molar-refractivity contribution is -0.119. The summed E-state index contributed by atoms with van der Waals surface area (Å²) in [6.07, 6.45) is 0. The van der Waals surface area contributed by atoms with Crippen molar-refractivity contribution < 1.29 is 19.1 Å². The third kappa shape index (κ3) is 4.62. The van der Waals surface area contributed by atoms with Crippen molar-refractivity contribution in [3.8, 4) is 11.1 Å². The van der Waals surface area contributed by atoms with Crippen LogP contribution in [0.3, 0.4) is 0 Å². The SMILES string of the molecule is NC(=O)c1ccccc1NC(=O)COC(=O)c1ccc(-c2ccccc2)cc1. The summed E-state index contributed by atoms with van der Waals surface area (Å²) in [6, 6.07) is 23.0. The maximum Gasteiger partial charge on any atom is 0.338 e. The summed E-state index contributed by atoms with van der Waals surface area (Å²) in [4.78, 5) is 35.5. The van der Waals surface area contributed by atoms with Gasteiger partial charge in [-0.3, -0.25) is 9.59 Å². The molecule has 28 heavy (non-hydrogen) atoms. The van der Waals surface area contributed by atoms with Crippen LogP contribution in [-0.2, 0) is 9.53 Å². The van der Waals surface area contributed by atoms with E-state index in [0.29, 0.717) is 5.56 Å². The first-order chi connectivity index (χ1) is 13.5. The number of rotatable bonds is 6. The summed E-state index contributed by atoms with van der Waals surface area (Å²) in [5, 5.41) is 2.51. The van der Waals surface area contributed by atoms with Crippen LogP contribution in [0.5, 0.6) is 0 Å². The Hall–Kier alpha value is -3.93. The van der Waals surface area contributed by atoms with Gasteiger partial charge in [-0.1, -0.05) is 54.6 Å². The Morgan fingerprint density at radius 3 is 2.07 bits per heavy atom. The van der Waals surface area contributed by atoms with E-state index in [2.05, 4.69) is 5.32 Å². The van der Waals surface area contributed by atoms with E-state index in [1.165, 1.54) is 6.07 Å². The van der Waals surface area contributed by atoms with Crippen molar-refractivity contribution in [2.24, 2.45) is 5.73 Å². The first kappa shape index (κ1) is 18.8. The average molecular weight is 374 g/mol. The molecular weight excluding hydrogens is 356 g/mol. The number of hydrogen-bond donors (Lipinski definition) is 2. The highest BCUT2D eigenvalue weighted by atomic mass is 16.5. The van der Waals surface area contributed by atoms with Crippen LogP contribution in [0.15, 0.2) is 78.9 Å². The van der Waals surface area contributed by atoms with Crippen LogP contribution in [0.1, 0.15) is 20.7 Å². The van der Waals surface area contributed by atoms with Crippen molar-refractivity contribution in [3.63, 3.8) is 0 Å². The molecule has 0 aliphatic heterocycles. The summed E-state index contributed by atoms with van der Waals surface area (Å²) >= 11 is 0. The van der Waals surface area contributed by atoms with Gasteiger partial charge in [0, 0.05) is 0 Å². The number of amides is 2.